The lowest BCUT2D eigenvalue weighted by molar-refractivity contribution is -0.0999. The Morgan fingerprint density at radius 2 is 1.79 bits per heavy atom. The highest BCUT2D eigenvalue weighted by Crippen LogP contribution is 2.23. The molecule has 0 bridgehead atoms. The summed E-state index contributed by atoms with van der Waals surface area (Å²) in [6.07, 6.45) is -4.69. The summed E-state index contributed by atoms with van der Waals surface area (Å²) < 4.78 is 47.7. The molecular formula is C8H5F4NO. The molecule has 0 aliphatic heterocycles. The smallest absolute Gasteiger partial charge is 0.297 e. The van der Waals surface area contributed by atoms with Gasteiger partial charge in [0.15, 0.2) is 0 Å². The van der Waals surface area contributed by atoms with Gasteiger partial charge < -0.3 is 0 Å². The van der Waals surface area contributed by atoms with E-state index in [4.69, 9.17) is 0 Å². The predicted octanol–water partition coefficient (Wildman–Crippen LogP) is 2.73. The van der Waals surface area contributed by atoms with Crippen LogP contribution in [-0.4, -0.2) is 12.3 Å². The highest BCUT2D eigenvalue weighted by molar-refractivity contribution is 5.94. The van der Waals surface area contributed by atoms with Crippen LogP contribution in [0.3, 0.4) is 0 Å². The van der Waals surface area contributed by atoms with E-state index >= 15 is 0 Å². The van der Waals surface area contributed by atoms with Gasteiger partial charge in [0.1, 0.15) is 0 Å². The monoisotopic (exact) mass is 207 g/mol. The van der Waals surface area contributed by atoms with Crippen molar-refractivity contribution in [2.45, 2.75) is 6.30 Å². The summed E-state index contributed by atoms with van der Waals surface area (Å²) in [4.78, 5) is 10.3. The Balaban J connectivity index is 3.02. The average Bonchev–Trinajstić information content (AvgIpc) is 2.01. The van der Waals surface area contributed by atoms with Gasteiger partial charge in [0.25, 0.3) is 0 Å². The Kier molecular flexibility index (Phi) is 2.73. The summed E-state index contributed by atoms with van der Waals surface area (Å²) in [5.74, 6) is 0. The van der Waals surface area contributed by atoms with Crippen LogP contribution in [0, 0.1) is 0 Å². The summed E-state index contributed by atoms with van der Waals surface area (Å²) in [6, 6.07) is 2.57. The number of anilines is 1. The number of rotatable bonds is 2. The minimum Gasteiger partial charge on any atom is -0.297 e. The molecule has 1 aromatic carbocycles. The number of carbonyl (C=O) groups excluding carboxylic acids is 1. The SMILES string of the molecule is O=C(F)c1ccccc1NC(F)(F)F. The van der Waals surface area contributed by atoms with E-state index < -0.39 is 23.6 Å². The van der Waals surface area contributed by atoms with Crippen LogP contribution < -0.4 is 5.32 Å². The summed E-state index contributed by atoms with van der Waals surface area (Å²) in [5, 5.41) is 1.07. The molecule has 1 aromatic rings. The summed E-state index contributed by atoms with van der Waals surface area (Å²) in [5.41, 5.74) is -1.22. The van der Waals surface area contributed by atoms with Crippen molar-refractivity contribution < 1.29 is 22.4 Å². The normalized spacial score (nSPS) is 11.1. The van der Waals surface area contributed by atoms with Crippen LogP contribution in [0.5, 0.6) is 0 Å². The molecule has 0 heterocycles. The Hall–Kier alpha value is -1.59. The van der Waals surface area contributed by atoms with Gasteiger partial charge in [0.05, 0.1) is 11.3 Å². The van der Waals surface area contributed by atoms with Crippen LogP contribution in [0.25, 0.3) is 0 Å². The van der Waals surface area contributed by atoms with Gasteiger partial charge in [-0.1, -0.05) is 12.1 Å². The van der Waals surface area contributed by atoms with E-state index in [1.54, 1.807) is 0 Å². The van der Waals surface area contributed by atoms with Crippen molar-refractivity contribution in [3.63, 3.8) is 0 Å². The molecule has 1 N–H and O–H groups in total. The van der Waals surface area contributed by atoms with Gasteiger partial charge in [-0.05, 0) is 12.1 Å². The van der Waals surface area contributed by atoms with E-state index in [0.29, 0.717) is 0 Å². The molecule has 76 valence electrons. The molecule has 2 nitrogen and oxygen atoms in total. The van der Waals surface area contributed by atoms with Crippen LogP contribution >= 0.6 is 0 Å². The van der Waals surface area contributed by atoms with Crippen LogP contribution in [0.1, 0.15) is 10.4 Å². The summed E-state index contributed by atoms with van der Waals surface area (Å²) >= 11 is 0. The number of carbonyl (C=O) groups is 1. The quantitative estimate of drug-likeness (QED) is 0.459. The van der Waals surface area contributed by atoms with Gasteiger partial charge in [0, 0.05) is 0 Å². The molecule has 1 rings (SSSR count). The minimum absolute atomic E-state index is 0.590. The van der Waals surface area contributed by atoms with E-state index in [1.807, 2.05) is 0 Å². The van der Waals surface area contributed by atoms with Gasteiger partial charge >= 0.3 is 12.3 Å². The molecule has 0 saturated carbocycles. The fraction of sp³-hybridized carbons (Fsp3) is 0.125. The highest BCUT2D eigenvalue weighted by atomic mass is 19.4. The van der Waals surface area contributed by atoms with Crippen LogP contribution in [0.15, 0.2) is 24.3 Å². The molecule has 0 amide bonds. The van der Waals surface area contributed by atoms with Crippen molar-refractivity contribution >= 4 is 11.7 Å². The van der Waals surface area contributed by atoms with Crippen molar-refractivity contribution in [3.05, 3.63) is 29.8 Å². The van der Waals surface area contributed by atoms with Crippen LogP contribution in [-0.2, 0) is 0 Å². The Morgan fingerprint density at radius 1 is 1.21 bits per heavy atom. The first-order chi connectivity index (χ1) is 6.40. The fourth-order valence-corrected chi connectivity index (χ4v) is 0.916. The van der Waals surface area contributed by atoms with Gasteiger partial charge in [-0.3, -0.25) is 10.1 Å². The van der Waals surface area contributed by atoms with Crippen LogP contribution in [0.2, 0.25) is 0 Å². The predicted molar refractivity (Wildman–Crippen MR) is 41.6 cm³/mol. The number of hydrogen-bond acceptors (Lipinski definition) is 2. The van der Waals surface area contributed by atoms with Crippen molar-refractivity contribution in [2.24, 2.45) is 0 Å². The third-order valence-electron chi connectivity index (χ3n) is 1.42. The molecule has 14 heavy (non-hydrogen) atoms. The average molecular weight is 207 g/mol. The lowest BCUT2D eigenvalue weighted by atomic mass is 10.2. The molecule has 0 radical (unpaired) electrons. The molecule has 0 fully saturated rings. The molecule has 0 aliphatic carbocycles. The van der Waals surface area contributed by atoms with E-state index in [1.165, 1.54) is 12.1 Å². The van der Waals surface area contributed by atoms with Crippen molar-refractivity contribution in [3.8, 4) is 0 Å². The second-order valence-electron chi connectivity index (χ2n) is 2.44. The summed E-state index contributed by atoms with van der Waals surface area (Å²) in [6.45, 7) is 0. The maximum atomic E-state index is 12.2. The van der Waals surface area contributed by atoms with Crippen molar-refractivity contribution in [1.82, 2.24) is 0 Å². The molecule has 6 heteroatoms. The Morgan fingerprint density at radius 3 is 2.29 bits per heavy atom. The first-order valence-corrected chi connectivity index (χ1v) is 3.54. The van der Waals surface area contributed by atoms with Gasteiger partial charge in [-0.15, -0.1) is 0 Å². The number of alkyl halides is 3. The van der Waals surface area contributed by atoms with Gasteiger partial charge in [-0.2, -0.15) is 17.6 Å². The number of benzene rings is 1. The number of halogens is 4. The minimum atomic E-state index is -4.69. The molecule has 0 unspecified atom stereocenters. The molecule has 0 saturated heterocycles. The largest absolute Gasteiger partial charge is 0.482 e. The van der Waals surface area contributed by atoms with E-state index in [0.717, 1.165) is 17.4 Å². The Labute approximate surface area is 76.5 Å². The van der Waals surface area contributed by atoms with Gasteiger partial charge in [0.2, 0.25) is 0 Å². The Bertz CT molecular complexity index is 347. The first kappa shape index (κ1) is 10.5. The molecule has 0 aliphatic rings. The zero-order chi connectivity index (χ0) is 10.8. The van der Waals surface area contributed by atoms with E-state index in [9.17, 15) is 22.4 Å². The first-order valence-electron chi connectivity index (χ1n) is 3.54. The molecule has 0 spiro atoms. The van der Waals surface area contributed by atoms with Crippen LogP contribution in [0.4, 0.5) is 23.2 Å². The highest BCUT2D eigenvalue weighted by Gasteiger charge is 2.28. The number of para-hydroxylation sites is 1. The van der Waals surface area contributed by atoms with Crippen molar-refractivity contribution in [2.75, 3.05) is 5.32 Å². The number of hydrogen-bond donors (Lipinski definition) is 1. The second-order valence-corrected chi connectivity index (χ2v) is 2.44. The van der Waals surface area contributed by atoms with E-state index in [2.05, 4.69) is 0 Å². The number of nitrogens with one attached hydrogen (secondary N) is 1. The lowest BCUT2D eigenvalue weighted by Gasteiger charge is -2.11. The molecular weight excluding hydrogens is 202 g/mol. The molecule has 0 aromatic heterocycles. The fourth-order valence-electron chi connectivity index (χ4n) is 0.916. The maximum absolute atomic E-state index is 12.2. The third-order valence-corrected chi connectivity index (χ3v) is 1.42. The molecule has 0 atom stereocenters. The summed E-state index contributed by atoms with van der Waals surface area (Å²) in [7, 11) is 0. The zero-order valence-corrected chi connectivity index (χ0v) is 6.73. The van der Waals surface area contributed by atoms with Gasteiger partial charge in [-0.25, -0.2) is 0 Å². The standard InChI is InChI=1S/C8H5F4NO/c9-7(14)5-3-1-2-4-6(5)13-8(10,11)12/h1-4,13H. The maximum Gasteiger partial charge on any atom is 0.482 e. The lowest BCUT2D eigenvalue weighted by Crippen LogP contribution is -2.21. The topological polar surface area (TPSA) is 29.1 Å². The zero-order valence-electron chi connectivity index (χ0n) is 6.73. The van der Waals surface area contributed by atoms with Crippen molar-refractivity contribution in [1.29, 1.82) is 0 Å². The third kappa shape index (κ3) is 2.72. The second kappa shape index (κ2) is 3.65. The van der Waals surface area contributed by atoms with E-state index in [-0.39, 0.29) is 0 Å².